The summed E-state index contributed by atoms with van der Waals surface area (Å²) in [6, 6.07) is 12.7. The van der Waals surface area contributed by atoms with Gasteiger partial charge in [0.15, 0.2) is 6.10 Å². The maximum absolute atomic E-state index is 12.6. The minimum atomic E-state index is -0.899. The van der Waals surface area contributed by atoms with Crippen molar-refractivity contribution >= 4 is 28.6 Å². The standard InChI is InChI=1S/C22H23N3O3/c1-4-19(21(26)25-16-10-8-15(9-11-16)14(2)3)28-22(27)17-6-5-7-18-20(17)24-13-12-23-18/h5-14,19H,4H2,1-3H3,(H,25,26). The molecule has 0 aliphatic rings. The minimum Gasteiger partial charge on any atom is -0.449 e. The lowest BCUT2D eigenvalue weighted by Crippen LogP contribution is -2.32. The number of amides is 1. The van der Waals surface area contributed by atoms with Gasteiger partial charge < -0.3 is 10.1 Å². The average Bonchev–Trinajstić information content (AvgIpc) is 2.71. The molecule has 3 aromatic rings. The van der Waals surface area contributed by atoms with Crippen LogP contribution < -0.4 is 5.32 Å². The molecule has 28 heavy (non-hydrogen) atoms. The summed E-state index contributed by atoms with van der Waals surface area (Å²) in [7, 11) is 0. The lowest BCUT2D eigenvalue weighted by molar-refractivity contribution is -0.124. The SMILES string of the molecule is CCC(OC(=O)c1cccc2nccnc12)C(=O)Nc1ccc(C(C)C)cc1. The molecule has 1 amide bonds. The number of para-hydroxylation sites is 1. The van der Waals surface area contributed by atoms with E-state index in [1.54, 1.807) is 31.3 Å². The molecule has 1 unspecified atom stereocenters. The summed E-state index contributed by atoms with van der Waals surface area (Å²) in [5.41, 5.74) is 3.20. The maximum atomic E-state index is 12.6. The van der Waals surface area contributed by atoms with Crippen LogP contribution in [0.1, 0.15) is 49.0 Å². The van der Waals surface area contributed by atoms with Crippen LogP contribution in [0, 0.1) is 0 Å². The van der Waals surface area contributed by atoms with Crippen LogP contribution in [0.5, 0.6) is 0 Å². The first-order chi connectivity index (χ1) is 13.5. The first-order valence-corrected chi connectivity index (χ1v) is 9.31. The van der Waals surface area contributed by atoms with Crippen LogP contribution in [0.25, 0.3) is 11.0 Å². The van der Waals surface area contributed by atoms with Gasteiger partial charge in [-0.2, -0.15) is 0 Å². The minimum absolute atomic E-state index is 0.290. The van der Waals surface area contributed by atoms with Crippen molar-refractivity contribution in [3.63, 3.8) is 0 Å². The number of esters is 1. The highest BCUT2D eigenvalue weighted by molar-refractivity contribution is 6.03. The van der Waals surface area contributed by atoms with Crippen molar-refractivity contribution in [3.8, 4) is 0 Å². The Balaban J connectivity index is 1.72. The van der Waals surface area contributed by atoms with Gasteiger partial charge in [0, 0.05) is 18.1 Å². The molecule has 0 fully saturated rings. The number of hydrogen-bond donors (Lipinski definition) is 1. The fraction of sp³-hybridized carbons (Fsp3) is 0.273. The molecule has 1 heterocycles. The summed E-state index contributed by atoms with van der Waals surface area (Å²) in [6.45, 7) is 6.01. The van der Waals surface area contributed by atoms with E-state index < -0.39 is 12.1 Å². The van der Waals surface area contributed by atoms with Crippen molar-refractivity contribution in [2.75, 3.05) is 5.32 Å². The fourth-order valence-corrected chi connectivity index (χ4v) is 2.85. The number of carbonyl (C=O) groups is 2. The van der Waals surface area contributed by atoms with E-state index in [0.29, 0.717) is 29.1 Å². The van der Waals surface area contributed by atoms with E-state index in [1.807, 2.05) is 24.3 Å². The van der Waals surface area contributed by atoms with E-state index in [9.17, 15) is 9.59 Å². The number of benzene rings is 2. The Morgan fingerprint density at radius 3 is 2.43 bits per heavy atom. The third-order valence-corrected chi connectivity index (χ3v) is 4.48. The van der Waals surface area contributed by atoms with Crippen LogP contribution in [-0.2, 0) is 9.53 Å². The molecule has 0 aliphatic carbocycles. The third kappa shape index (κ3) is 4.34. The Morgan fingerprint density at radius 1 is 1.04 bits per heavy atom. The Labute approximate surface area is 164 Å². The Hall–Kier alpha value is -3.28. The largest absolute Gasteiger partial charge is 0.449 e. The number of nitrogens with zero attached hydrogens (tertiary/aromatic N) is 2. The van der Waals surface area contributed by atoms with E-state index in [0.717, 1.165) is 0 Å². The molecular weight excluding hydrogens is 354 g/mol. The first-order valence-electron chi connectivity index (χ1n) is 9.31. The van der Waals surface area contributed by atoms with Crippen LogP contribution in [-0.4, -0.2) is 27.9 Å². The number of nitrogens with one attached hydrogen (secondary N) is 1. The van der Waals surface area contributed by atoms with Crippen LogP contribution in [0.3, 0.4) is 0 Å². The summed E-state index contributed by atoms with van der Waals surface area (Å²) in [5, 5.41) is 2.81. The number of aromatic nitrogens is 2. The topological polar surface area (TPSA) is 81.2 Å². The van der Waals surface area contributed by atoms with Gasteiger partial charge in [0.05, 0.1) is 11.1 Å². The number of ether oxygens (including phenoxy) is 1. The van der Waals surface area contributed by atoms with Gasteiger partial charge in [0.2, 0.25) is 0 Å². The van der Waals surface area contributed by atoms with Crippen LogP contribution in [0.15, 0.2) is 54.9 Å². The third-order valence-electron chi connectivity index (χ3n) is 4.48. The predicted octanol–water partition coefficient (Wildman–Crippen LogP) is 4.33. The Bertz CT molecular complexity index is 978. The Kier molecular flexibility index (Phi) is 5.99. The first kappa shape index (κ1) is 19.5. The summed E-state index contributed by atoms with van der Waals surface area (Å²) >= 11 is 0. The lowest BCUT2D eigenvalue weighted by atomic mass is 10.0. The highest BCUT2D eigenvalue weighted by Crippen LogP contribution is 2.19. The van der Waals surface area contributed by atoms with Gasteiger partial charge in [-0.3, -0.25) is 14.8 Å². The zero-order valence-electron chi connectivity index (χ0n) is 16.2. The average molecular weight is 377 g/mol. The molecule has 3 rings (SSSR count). The van der Waals surface area contributed by atoms with E-state index in [1.165, 1.54) is 11.8 Å². The number of fused-ring (bicyclic) bond motifs is 1. The summed E-state index contributed by atoms with van der Waals surface area (Å²) in [6.07, 6.45) is 2.54. The van der Waals surface area contributed by atoms with E-state index in [4.69, 9.17) is 4.74 Å². The van der Waals surface area contributed by atoms with Crippen LogP contribution in [0.4, 0.5) is 5.69 Å². The molecule has 0 radical (unpaired) electrons. The van der Waals surface area contributed by atoms with Crippen LogP contribution in [0.2, 0.25) is 0 Å². The number of hydrogen-bond acceptors (Lipinski definition) is 5. The molecule has 0 aliphatic heterocycles. The van der Waals surface area contributed by atoms with Gasteiger partial charge in [0.1, 0.15) is 5.52 Å². The molecule has 6 heteroatoms. The van der Waals surface area contributed by atoms with Gasteiger partial charge in [0.25, 0.3) is 5.91 Å². The second-order valence-electron chi connectivity index (χ2n) is 6.80. The van der Waals surface area contributed by atoms with E-state index >= 15 is 0 Å². The zero-order valence-corrected chi connectivity index (χ0v) is 16.2. The Morgan fingerprint density at radius 2 is 1.75 bits per heavy atom. The van der Waals surface area contributed by atoms with Gasteiger partial charge in [-0.1, -0.05) is 39.0 Å². The van der Waals surface area contributed by atoms with Crippen LogP contribution >= 0.6 is 0 Å². The zero-order chi connectivity index (χ0) is 20.1. The molecule has 1 N–H and O–H groups in total. The molecule has 1 atom stereocenters. The molecule has 1 aromatic heterocycles. The molecular formula is C22H23N3O3. The number of carbonyl (C=O) groups excluding carboxylic acids is 2. The lowest BCUT2D eigenvalue weighted by Gasteiger charge is -2.17. The molecule has 2 aromatic carbocycles. The highest BCUT2D eigenvalue weighted by atomic mass is 16.5. The number of rotatable bonds is 6. The highest BCUT2D eigenvalue weighted by Gasteiger charge is 2.23. The fourth-order valence-electron chi connectivity index (χ4n) is 2.85. The summed E-state index contributed by atoms with van der Waals surface area (Å²) in [5.74, 6) is -0.541. The van der Waals surface area contributed by atoms with Crippen molar-refractivity contribution in [1.29, 1.82) is 0 Å². The van der Waals surface area contributed by atoms with Crippen molar-refractivity contribution in [2.24, 2.45) is 0 Å². The molecule has 6 nitrogen and oxygen atoms in total. The molecule has 0 saturated carbocycles. The maximum Gasteiger partial charge on any atom is 0.341 e. The second-order valence-corrected chi connectivity index (χ2v) is 6.80. The smallest absolute Gasteiger partial charge is 0.341 e. The predicted molar refractivity (Wildman–Crippen MR) is 108 cm³/mol. The quantitative estimate of drug-likeness (QED) is 0.647. The molecule has 0 spiro atoms. The normalized spacial score (nSPS) is 12.0. The molecule has 0 bridgehead atoms. The monoisotopic (exact) mass is 377 g/mol. The molecule has 144 valence electrons. The number of anilines is 1. The van der Waals surface area contributed by atoms with Crippen molar-refractivity contribution < 1.29 is 14.3 Å². The van der Waals surface area contributed by atoms with Gasteiger partial charge in [-0.05, 0) is 42.2 Å². The van der Waals surface area contributed by atoms with Gasteiger partial charge >= 0.3 is 5.97 Å². The van der Waals surface area contributed by atoms with Crippen molar-refractivity contribution in [1.82, 2.24) is 9.97 Å². The van der Waals surface area contributed by atoms with Gasteiger partial charge in [-0.15, -0.1) is 0 Å². The second kappa shape index (κ2) is 8.61. The molecule has 0 saturated heterocycles. The van der Waals surface area contributed by atoms with Crippen molar-refractivity contribution in [2.45, 2.75) is 39.2 Å². The summed E-state index contributed by atoms with van der Waals surface area (Å²) in [4.78, 5) is 33.6. The van der Waals surface area contributed by atoms with Gasteiger partial charge in [-0.25, -0.2) is 4.79 Å². The van der Waals surface area contributed by atoms with E-state index in [2.05, 4.69) is 29.1 Å². The summed E-state index contributed by atoms with van der Waals surface area (Å²) < 4.78 is 5.47. The van der Waals surface area contributed by atoms with Crippen molar-refractivity contribution in [3.05, 3.63) is 66.0 Å². The van der Waals surface area contributed by atoms with E-state index in [-0.39, 0.29) is 11.5 Å².